The standard InChI is InChI=1S/C22H24Cl3N3O/c23-17-2-1-16(18(24)6-17)11-28-12-19(25)21(27-28)26-20(29)10-22-7-13-3-14(8-22)5-15(4-13)9-22/h1-2,6,12-15H,3-5,7-11H2,(H,26,27,29). The number of amides is 1. The highest BCUT2D eigenvalue weighted by atomic mass is 35.5. The summed E-state index contributed by atoms with van der Waals surface area (Å²) in [5.41, 5.74) is 1.09. The molecule has 4 aliphatic rings. The number of carbonyl (C=O) groups is 1. The number of aromatic nitrogens is 2. The number of hydrogen-bond acceptors (Lipinski definition) is 2. The lowest BCUT2D eigenvalue weighted by molar-refractivity contribution is -0.124. The predicted molar refractivity (Wildman–Crippen MR) is 117 cm³/mol. The van der Waals surface area contributed by atoms with Crippen molar-refractivity contribution in [3.63, 3.8) is 0 Å². The summed E-state index contributed by atoms with van der Waals surface area (Å²) in [6.45, 7) is 0.459. The maximum atomic E-state index is 12.9. The number of rotatable bonds is 5. The minimum atomic E-state index is 0.0311. The van der Waals surface area contributed by atoms with Crippen molar-refractivity contribution >= 4 is 46.5 Å². The van der Waals surface area contributed by atoms with Gasteiger partial charge in [-0.2, -0.15) is 5.10 Å². The van der Waals surface area contributed by atoms with Crippen LogP contribution >= 0.6 is 34.8 Å². The quantitative estimate of drug-likeness (QED) is 0.567. The molecule has 0 unspecified atom stereocenters. The Labute approximate surface area is 185 Å². The Bertz CT molecular complexity index is 919. The molecule has 0 spiro atoms. The van der Waals surface area contributed by atoms with Crippen LogP contribution in [-0.2, 0) is 11.3 Å². The summed E-state index contributed by atoms with van der Waals surface area (Å²) >= 11 is 18.6. The number of benzene rings is 1. The molecule has 4 fully saturated rings. The van der Waals surface area contributed by atoms with Gasteiger partial charge in [0.05, 0.1) is 6.54 Å². The Morgan fingerprint density at radius 2 is 1.72 bits per heavy atom. The van der Waals surface area contributed by atoms with Crippen LogP contribution in [0.4, 0.5) is 5.82 Å². The summed E-state index contributed by atoms with van der Waals surface area (Å²) in [4.78, 5) is 12.9. The maximum Gasteiger partial charge on any atom is 0.226 e. The summed E-state index contributed by atoms with van der Waals surface area (Å²) in [5.74, 6) is 2.96. The highest BCUT2D eigenvalue weighted by Gasteiger charge is 2.51. The van der Waals surface area contributed by atoms with Crippen LogP contribution in [0, 0.1) is 23.2 Å². The molecule has 4 aliphatic carbocycles. The monoisotopic (exact) mass is 451 g/mol. The molecule has 1 N–H and O–H groups in total. The number of anilines is 1. The van der Waals surface area contributed by atoms with Crippen molar-refractivity contribution in [2.24, 2.45) is 23.2 Å². The van der Waals surface area contributed by atoms with Crippen LogP contribution in [0.5, 0.6) is 0 Å². The molecule has 1 aromatic heterocycles. The zero-order valence-electron chi connectivity index (χ0n) is 16.1. The molecular formula is C22H24Cl3N3O. The molecule has 7 heteroatoms. The van der Waals surface area contributed by atoms with Gasteiger partial charge in [0.25, 0.3) is 0 Å². The first-order valence-electron chi connectivity index (χ1n) is 10.3. The van der Waals surface area contributed by atoms with Crippen LogP contribution in [0.15, 0.2) is 24.4 Å². The predicted octanol–water partition coefficient (Wildman–Crippen LogP) is 6.44. The normalized spacial score (nSPS) is 30.0. The minimum absolute atomic E-state index is 0.0311. The summed E-state index contributed by atoms with van der Waals surface area (Å²) in [5, 5.41) is 9.03. The van der Waals surface area contributed by atoms with Crippen LogP contribution in [0.3, 0.4) is 0 Å². The smallest absolute Gasteiger partial charge is 0.226 e. The fourth-order valence-electron chi connectivity index (χ4n) is 6.41. The molecule has 1 aromatic carbocycles. The second-order valence-corrected chi connectivity index (χ2v) is 10.7. The van der Waals surface area contributed by atoms with E-state index in [4.69, 9.17) is 34.8 Å². The van der Waals surface area contributed by atoms with Crippen LogP contribution < -0.4 is 5.32 Å². The lowest BCUT2D eigenvalue weighted by atomic mass is 9.49. The van der Waals surface area contributed by atoms with Gasteiger partial charge in [-0.25, -0.2) is 0 Å². The molecular weight excluding hydrogens is 429 g/mol. The summed E-state index contributed by atoms with van der Waals surface area (Å²) in [6.07, 6.45) is 10.1. The lowest BCUT2D eigenvalue weighted by Crippen LogP contribution is -2.47. The largest absolute Gasteiger partial charge is 0.308 e. The third kappa shape index (κ3) is 4.04. The van der Waals surface area contributed by atoms with Crippen molar-refractivity contribution in [2.45, 2.75) is 51.5 Å². The van der Waals surface area contributed by atoms with Gasteiger partial charge in [-0.1, -0.05) is 40.9 Å². The Morgan fingerprint density at radius 1 is 1.07 bits per heavy atom. The van der Waals surface area contributed by atoms with E-state index in [1.807, 2.05) is 6.07 Å². The molecule has 2 aromatic rings. The molecule has 1 heterocycles. The van der Waals surface area contributed by atoms with E-state index >= 15 is 0 Å². The molecule has 4 nitrogen and oxygen atoms in total. The van der Waals surface area contributed by atoms with Gasteiger partial charge in [0.2, 0.25) is 5.91 Å². The van der Waals surface area contributed by atoms with Crippen molar-refractivity contribution in [3.8, 4) is 0 Å². The maximum absolute atomic E-state index is 12.9. The summed E-state index contributed by atoms with van der Waals surface area (Å²) < 4.78 is 1.69. The van der Waals surface area contributed by atoms with Crippen LogP contribution in [0.25, 0.3) is 0 Å². The van der Waals surface area contributed by atoms with E-state index in [2.05, 4.69) is 10.4 Å². The van der Waals surface area contributed by atoms with Gasteiger partial charge in [0.1, 0.15) is 5.02 Å². The Morgan fingerprint density at radius 3 is 2.34 bits per heavy atom. The van der Waals surface area contributed by atoms with Gasteiger partial charge >= 0.3 is 0 Å². The molecule has 6 rings (SSSR count). The van der Waals surface area contributed by atoms with Crippen molar-refractivity contribution in [1.29, 1.82) is 0 Å². The fraction of sp³-hybridized carbons (Fsp3) is 0.545. The second-order valence-electron chi connectivity index (χ2n) is 9.40. The number of hydrogen-bond donors (Lipinski definition) is 1. The Balaban J connectivity index is 1.26. The van der Waals surface area contributed by atoms with E-state index in [1.54, 1.807) is 23.0 Å². The number of carbonyl (C=O) groups excluding carboxylic acids is 1. The molecule has 4 bridgehead atoms. The van der Waals surface area contributed by atoms with E-state index in [9.17, 15) is 4.79 Å². The average molecular weight is 453 g/mol. The van der Waals surface area contributed by atoms with E-state index in [0.29, 0.717) is 33.9 Å². The zero-order chi connectivity index (χ0) is 20.2. The molecule has 29 heavy (non-hydrogen) atoms. The number of nitrogens with zero attached hydrogens (tertiary/aromatic N) is 2. The average Bonchev–Trinajstić information content (AvgIpc) is 2.94. The molecule has 4 saturated carbocycles. The van der Waals surface area contributed by atoms with E-state index in [-0.39, 0.29) is 11.3 Å². The van der Waals surface area contributed by atoms with Gasteiger partial charge in [-0.15, -0.1) is 0 Å². The second kappa shape index (κ2) is 7.47. The SMILES string of the molecule is O=C(CC12CC3CC(CC(C3)C1)C2)Nc1nn(Cc2ccc(Cl)cc2Cl)cc1Cl. The Hall–Kier alpha value is -1.23. The zero-order valence-corrected chi connectivity index (χ0v) is 18.4. The van der Waals surface area contributed by atoms with Crippen LogP contribution in [0.1, 0.15) is 50.5 Å². The first-order chi connectivity index (χ1) is 13.9. The Kier molecular flexibility index (Phi) is 5.08. The highest BCUT2D eigenvalue weighted by molar-refractivity contribution is 6.35. The third-order valence-electron chi connectivity index (χ3n) is 7.02. The van der Waals surface area contributed by atoms with Gasteiger partial charge in [-0.05, 0) is 79.4 Å². The van der Waals surface area contributed by atoms with Crippen molar-refractivity contribution < 1.29 is 4.79 Å². The summed E-state index contributed by atoms with van der Waals surface area (Å²) in [6, 6.07) is 5.37. The topological polar surface area (TPSA) is 46.9 Å². The van der Waals surface area contributed by atoms with Crippen LogP contribution in [-0.4, -0.2) is 15.7 Å². The number of halogens is 3. The van der Waals surface area contributed by atoms with Gasteiger partial charge < -0.3 is 5.32 Å². The highest BCUT2D eigenvalue weighted by Crippen LogP contribution is 2.61. The molecule has 1 amide bonds. The van der Waals surface area contributed by atoms with Crippen molar-refractivity contribution in [2.75, 3.05) is 5.32 Å². The molecule has 0 saturated heterocycles. The van der Waals surface area contributed by atoms with E-state index in [0.717, 1.165) is 23.3 Å². The lowest BCUT2D eigenvalue weighted by Gasteiger charge is -2.56. The molecule has 154 valence electrons. The first kappa shape index (κ1) is 19.7. The van der Waals surface area contributed by atoms with E-state index in [1.165, 1.54) is 38.5 Å². The minimum Gasteiger partial charge on any atom is -0.308 e. The van der Waals surface area contributed by atoms with Gasteiger partial charge in [0, 0.05) is 22.7 Å². The van der Waals surface area contributed by atoms with Gasteiger partial charge in [0.15, 0.2) is 5.82 Å². The molecule has 0 atom stereocenters. The van der Waals surface area contributed by atoms with Crippen molar-refractivity contribution in [1.82, 2.24) is 9.78 Å². The van der Waals surface area contributed by atoms with E-state index < -0.39 is 0 Å². The molecule has 0 radical (unpaired) electrons. The summed E-state index contributed by atoms with van der Waals surface area (Å²) in [7, 11) is 0. The van der Waals surface area contributed by atoms with Gasteiger partial charge in [-0.3, -0.25) is 9.48 Å². The first-order valence-corrected chi connectivity index (χ1v) is 11.5. The van der Waals surface area contributed by atoms with Crippen molar-refractivity contribution in [3.05, 3.63) is 45.0 Å². The fourth-order valence-corrected chi connectivity index (χ4v) is 7.08. The molecule has 0 aliphatic heterocycles. The third-order valence-corrected chi connectivity index (χ3v) is 7.89. The van der Waals surface area contributed by atoms with Crippen LogP contribution in [0.2, 0.25) is 15.1 Å². The number of nitrogens with one attached hydrogen (secondary N) is 1.